The van der Waals surface area contributed by atoms with Gasteiger partial charge in [0.2, 0.25) is 0 Å². The van der Waals surface area contributed by atoms with Crippen molar-refractivity contribution in [3.8, 4) is 11.5 Å². The number of hydrogen-bond donors (Lipinski definition) is 0. The van der Waals surface area contributed by atoms with E-state index in [4.69, 9.17) is 9.47 Å². The Morgan fingerprint density at radius 2 is 1.47 bits per heavy atom. The van der Waals surface area contributed by atoms with Crippen LogP contribution >= 0.6 is 0 Å². The molecule has 0 aliphatic heterocycles. The summed E-state index contributed by atoms with van der Waals surface area (Å²) in [5.41, 5.74) is 0.882. The van der Waals surface area contributed by atoms with Crippen molar-refractivity contribution < 1.29 is 27.4 Å². The van der Waals surface area contributed by atoms with Gasteiger partial charge in [-0.2, -0.15) is 0 Å². The molecule has 2 fully saturated rings. The van der Waals surface area contributed by atoms with Crippen LogP contribution in [0.2, 0.25) is 0 Å². The zero-order valence-corrected chi connectivity index (χ0v) is 21.1. The van der Waals surface area contributed by atoms with E-state index in [1.807, 2.05) is 6.92 Å². The van der Waals surface area contributed by atoms with Gasteiger partial charge in [-0.3, -0.25) is 4.79 Å². The molecule has 2 aromatic carbocycles. The van der Waals surface area contributed by atoms with Gasteiger partial charge in [0, 0.05) is 6.07 Å². The van der Waals surface area contributed by atoms with E-state index in [1.54, 1.807) is 25.1 Å². The standard InChI is InChI=1S/C30H35F3O3/c1-3-5-19-6-8-20(9-7-19)24-15-16-25(29(33)28(24)32)21-10-12-22(13-11-21)30(34)36-27-17-14-23(35-4-2)18-26(27)31/h3,5,14-22H,4,6-13H2,1-2H3. The summed E-state index contributed by atoms with van der Waals surface area (Å²) < 4.78 is 55.0. The molecule has 0 radical (unpaired) electrons. The van der Waals surface area contributed by atoms with Gasteiger partial charge in [0.25, 0.3) is 0 Å². The minimum Gasteiger partial charge on any atom is -0.494 e. The van der Waals surface area contributed by atoms with E-state index in [-0.39, 0.29) is 17.6 Å². The lowest BCUT2D eigenvalue weighted by atomic mass is 9.76. The van der Waals surface area contributed by atoms with Gasteiger partial charge in [0.15, 0.2) is 23.2 Å². The lowest BCUT2D eigenvalue weighted by Crippen LogP contribution is -2.26. The number of hydrogen-bond acceptors (Lipinski definition) is 3. The molecule has 0 N–H and O–H groups in total. The van der Waals surface area contributed by atoms with Crippen molar-refractivity contribution in [2.24, 2.45) is 11.8 Å². The fourth-order valence-corrected chi connectivity index (χ4v) is 5.76. The molecule has 36 heavy (non-hydrogen) atoms. The van der Waals surface area contributed by atoms with Crippen molar-refractivity contribution in [3.05, 3.63) is 71.1 Å². The molecule has 4 rings (SSSR count). The molecular formula is C30H35F3O3. The monoisotopic (exact) mass is 500 g/mol. The Kier molecular flexibility index (Phi) is 8.76. The van der Waals surface area contributed by atoms with Crippen molar-refractivity contribution in [1.29, 1.82) is 0 Å². The number of benzene rings is 2. The second kappa shape index (κ2) is 12.0. The van der Waals surface area contributed by atoms with Crippen LogP contribution in [0.1, 0.15) is 88.2 Å². The molecule has 0 spiro atoms. The van der Waals surface area contributed by atoms with E-state index in [2.05, 4.69) is 12.2 Å². The highest BCUT2D eigenvalue weighted by atomic mass is 19.2. The van der Waals surface area contributed by atoms with Crippen molar-refractivity contribution in [2.45, 2.75) is 77.0 Å². The topological polar surface area (TPSA) is 35.5 Å². The first kappa shape index (κ1) is 26.3. The molecule has 194 valence electrons. The molecule has 0 saturated heterocycles. The Morgan fingerprint density at radius 1 is 0.889 bits per heavy atom. The fraction of sp³-hybridized carbons (Fsp3) is 0.500. The molecule has 0 amide bonds. The molecule has 0 unspecified atom stereocenters. The van der Waals surface area contributed by atoms with Crippen LogP contribution in [0.4, 0.5) is 13.2 Å². The predicted molar refractivity (Wildman–Crippen MR) is 134 cm³/mol. The summed E-state index contributed by atoms with van der Waals surface area (Å²) >= 11 is 0. The van der Waals surface area contributed by atoms with Crippen LogP contribution in [0.3, 0.4) is 0 Å². The normalized spacial score (nSPS) is 24.6. The first-order valence-corrected chi connectivity index (χ1v) is 13.2. The second-order valence-electron chi connectivity index (χ2n) is 10.0. The van der Waals surface area contributed by atoms with Crippen LogP contribution in [0.15, 0.2) is 42.5 Å². The van der Waals surface area contributed by atoms with Gasteiger partial charge >= 0.3 is 5.97 Å². The smallest absolute Gasteiger partial charge is 0.314 e. The summed E-state index contributed by atoms with van der Waals surface area (Å²) in [5.74, 6) is -2.32. The molecule has 2 saturated carbocycles. The van der Waals surface area contributed by atoms with Gasteiger partial charge in [0.1, 0.15) is 5.75 Å². The van der Waals surface area contributed by atoms with Crippen LogP contribution in [0.25, 0.3) is 0 Å². The van der Waals surface area contributed by atoms with Gasteiger partial charge in [0.05, 0.1) is 12.5 Å². The zero-order valence-electron chi connectivity index (χ0n) is 21.1. The second-order valence-corrected chi connectivity index (χ2v) is 10.0. The third-order valence-corrected chi connectivity index (χ3v) is 7.74. The van der Waals surface area contributed by atoms with Crippen molar-refractivity contribution in [2.75, 3.05) is 6.61 Å². The SMILES string of the molecule is CC=CC1CCC(c2ccc(C3CCC(C(=O)Oc4ccc(OCC)cc4F)CC3)c(F)c2F)CC1. The highest BCUT2D eigenvalue weighted by Gasteiger charge is 2.32. The Labute approximate surface area is 211 Å². The number of carbonyl (C=O) groups excluding carboxylic acids is 1. The lowest BCUT2D eigenvalue weighted by Gasteiger charge is -2.30. The first-order valence-electron chi connectivity index (χ1n) is 13.2. The average molecular weight is 501 g/mol. The van der Waals surface area contributed by atoms with Crippen LogP contribution in [0, 0.1) is 29.3 Å². The van der Waals surface area contributed by atoms with Gasteiger partial charge in [-0.05, 0) is 106 Å². The molecule has 3 nitrogen and oxygen atoms in total. The Morgan fingerprint density at radius 3 is 2.00 bits per heavy atom. The van der Waals surface area contributed by atoms with Crippen molar-refractivity contribution in [1.82, 2.24) is 0 Å². The summed E-state index contributed by atoms with van der Waals surface area (Å²) in [6, 6.07) is 7.64. The van der Waals surface area contributed by atoms with Gasteiger partial charge in [-0.1, -0.05) is 24.3 Å². The van der Waals surface area contributed by atoms with Crippen molar-refractivity contribution in [3.63, 3.8) is 0 Å². The van der Waals surface area contributed by atoms with Crippen LogP contribution in [-0.4, -0.2) is 12.6 Å². The minimum atomic E-state index is -0.745. The van der Waals surface area contributed by atoms with E-state index < -0.39 is 29.3 Å². The molecule has 0 heterocycles. The zero-order chi connectivity index (χ0) is 25.7. The van der Waals surface area contributed by atoms with Crippen molar-refractivity contribution >= 4 is 5.97 Å². The molecule has 6 heteroatoms. The molecule has 2 aromatic rings. The Bertz CT molecular complexity index is 1080. The summed E-state index contributed by atoms with van der Waals surface area (Å²) in [7, 11) is 0. The maximum atomic E-state index is 15.1. The highest BCUT2D eigenvalue weighted by molar-refractivity contribution is 5.75. The van der Waals surface area contributed by atoms with Gasteiger partial charge < -0.3 is 9.47 Å². The van der Waals surface area contributed by atoms with Crippen LogP contribution in [-0.2, 0) is 4.79 Å². The number of esters is 1. The number of ether oxygens (including phenoxy) is 2. The maximum Gasteiger partial charge on any atom is 0.314 e. The molecule has 2 aliphatic carbocycles. The number of allylic oxidation sites excluding steroid dienone is 2. The van der Waals surface area contributed by atoms with E-state index in [9.17, 15) is 9.18 Å². The molecule has 0 aromatic heterocycles. The first-order chi connectivity index (χ1) is 17.4. The summed E-state index contributed by atoms with van der Waals surface area (Å²) in [6.45, 7) is 4.22. The Balaban J connectivity index is 1.35. The van der Waals surface area contributed by atoms with Crippen LogP contribution < -0.4 is 9.47 Å². The quantitative estimate of drug-likeness (QED) is 0.218. The number of carbonyl (C=O) groups is 1. The lowest BCUT2D eigenvalue weighted by molar-refractivity contribution is -0.140. The summed E-state index contributed by atoms with van der Waals surface area (Å²) in [4.78, 5) is 12.6. The van der Waals surface area contributed by atoms with Crippen LogP contribution in [0.5, 0.6) is 11.5 Å². The fourth-order valence-electron chi connectivity index (χ4n) is 5.76. The maximum absolute atomic E-state index is 15.1. The molecule has 2 aliphatic rings. The van der Waals surface area contributed by atoms with E-state index >= 15 is 8.78 Å². The minimum absolute atomic E-state index is 0.0589. The number of halogens is 3. The van der Waals surface area contributed by atoms with E-state index in [0.29, 0.717) is 55.1 Å². The van der Waals surface area contributed by atoms with Gasteiger partial charge in [-0.15, -0.1) is 0 Å². The largest absolute Gasteiger partial charge is 0.494 e. The number of rotatable bonds is 7. The molecule has 0 bridgehead atoms. The van der Waals surface area contributed by atoms with Gasteiger partial charge in [-0.25, -0.2) is 13.2 Å². The molecular weight excluding hydrogens is 465 g/mol. The summed E-state index contributed by atoms with van der Waals surface area (Å²) in [6.07, 6.45) is 10.1. The predicted octanol–water partition coefficient (Wildman–Crippen LogP) is 8.23. The van der Waals surface area contributed by atoms with E-state index in [1.165, 1.54) is 12.1 Å². The Hall–Kier alpha value is -2.76. The molecule has 0 atom stereocenters. The summed E-state index contributed by atoms with van der Waals surface area (Å²) in [5, 5.41) is 0. The van der Waals surface area contributed by atoms with E-state index in [0.717, 1.165) is 25.7 Å². The third kappa shape index (κ3) is 5.96. The third-order valence-electron chi connectivity index (χ3n) is 7.74. The average Bonchev–Trinajstić information content (AvgIpc) is 2.88. The highest BCUT2D eigenvalue weighted by Crippen LogP contribution is 2.42.